The maximum absolute atomic E-state index is 10.4. The topological polar surface area (TPSA) is 148 Å². The Labute approximate surface area is 233 Å². The summed E-state index contributed by atoms with van der Waals surface area (Å²) < 4.78 is 5.34. The van der Waals surface area contributed by atoms with E-state index in [4.69, 9.17) is 21.3 Å². The minimum Gasteiger partial charge on any atom is -0.496 e. The van der Waals surface area contributed by atoms with Crippen LogP contribution in [0.25, 0.3) is 5.57 Å². The number of aryl methyl sites for hydroxylation is 2. The molecule has 2 aliphatic rings. The minimum absolute atomic E-state index is 0. The maximum atomic E-state index is 10.4. The summed E-state index contributed by atoms with van der Waals surface area (Å²) in [6.45, 7) is 9.98. The molecule has 0 bridgehead atoms. The molecular formula is C29H46N8O2. The van der Waals surface area contributed by atoms with Gasteiger partial charge in [0.05, 0.1) is 13.4 Å². The van der Waals surface area contributed by atoms with Crippen LogP contribution in [0.1, 0.15) is 30.5 Å². The Kier molecular flexibility index (Phi) is 14.1. The van der Waals surface area contributed by atoms with E-state index in [-0.39, 0.29) is 13.4 Å². The van der Waals surface area contributed by atoms with Gasteiger partial charge in [-0.1, -0.05) is 25.6 Å². The molecule has 4 rings (SSSR count). The van der Waals surface area contributed by atoms with Crippen molar-refractivity contribution >= 4 is 35.7 Å². The highest BCUT2D eigenvalue weighted by Gasteiger charge is 2.16. The average Bonchev–Trinajstić information content (AvgIpc) is 2.91. The lowest BCUT2D eigenvalue weighted by Gasteiger charge is -2.35. The Morgan fingerprint density at radius 1 is 1.05 bits per heavy atom. The van der Waals surface area contributed by atoms with Crippen molar-refractivity contribution in [2.24, 2.45) is 11.5 Å². The lowest BCUT2D eigenvalue weighted by Crippen LogP contribution is -2.44. The van der Waals surface area contributed by atoms with Gasteiger partial charge in [0, 0.05) is 50.6 Å². The molecule has 2 aliphatic heterocycles. The van der Waals surface area contributed by atoms with Gasteiger partial charge in [0.2, 0.25) is 6.41 Å². The van der Waals surface area contributed by atoms with Crippen LogP contribution in [0.2, 0.25) is 0 Å². The predicted octanol–water partition coefficient (Wildman–Crippen LogP) is 3.49. The number of carbonyl (C=O) groups excluding carboxylic acids is 1. The quantitative estimate of drug-likeness (QED) is 0.222. The van der Waals surface area contributed by atoms with Gasteiger partial charge in [-0.2, -0.15) is 0 Å². The van der Waals surface area contributed by atoms with Crippen molar-refractivity contribution in [1.82, 2.24) is 9.80 Å². The number of methoxy groups -OCH3 is 1. The Balaban J connectivity index is 0.000000347. The van der Waals surface area contributed by atoms with Crippen LogP contribution in [0.3, 0.4) is 0 Å². The number of carbonyl (C=O) groups is 1. The van der Waals surface area contributed by atoms with E-state index in [1.807, 2.05) is 24.0 Å². The first kappa shape index (κ1) is 33.0. The van der Waals surface area contributed by atoms with Crippen molar-refractivity contribution in [1.29, 1.82) is 10.8 Å². The molecule has 1 amide bonds. The van der Waals surface area contributed by atoms with E-state index >= 15 is 0 Å². The zero-order valence-corrected chi connectivity index (χ0v) is 23.0. The van der Waals surface area contributed by atoms with Gasteiger partial charge in [-0.15, -0.1) is 0 Å². The Morgan fingerprint density at radius 2 is 1.72 bits per heavy atom. The molecular weight excluding hydrogens is 492 g/mol. The van der Waals surface area contributed by atoms with Crippen molar-refractivity contribution in [2.45, 2.75) is 27.7 Å². The van der Waals surface area contributed by atoms with Crippen LogP contribution in [0.5, 0.6) is 5.75 Å². The zero-order valence-electron chi connectivity index (χ0n) is 23.0. The molecule has 2 aromatic rings. The van der Waals surface area contributed by atoms with E-state index in [0.29, 0.717) is 13.0 Å². The van der Waals surface area contributed by atoms with Gasteiger partial charge in [-0.05, 0) is 73.8 Å². The molecule has 7 N–H and O–H groups in total. The molecule has 10 nitrogen and oxygen atoms in total. The number of hydrogen-bond acceptors (Lipinski definition) is 6. The fraction of sp³-hybridized carbons (Fsp3) is 0.414. The van der Waals surface area contributed by atoms with Gasteiger partial charge in [0.25, 0.3) is 0 Å². The highest BCUT2D eigenvalue weighted by Crippen LogP contribution is 2.27. The average molecular weight is 539 g/mol. The summed E-state index contributed by atoms with van der Waals surface area (Å²) in [5, 5.41) is 15.9. The van der Waals surface area contributed by atoms with Gasteiger partial charge in [0.1, 0.15) is 5.75 Å². The molecule has 10 heteroatoms. The predicted molar refractivity (Wildman–Crippen MR) is 164 cm³/mol. The highest BCUT2D eigenvalue weighted by atomic mass is 16.5. The van der Waals surface area contributed by atoms with Crippen LogP contribution in [-0.4, -0.2) is 81.9 Å². The SMILES string of the molecule is C.COc1cc(C2=CCN(C(=N)N)CC2)ccc1C.Cc1cc(NC=O)ccc1N1CCN(C)CC1.N=CN. The number of benzene rings is 2. The third-order valence-electron chi connectivity index (χ3n) is 6.60. The molecule has 0 aromatic heterocycles. The molecule has 214 valence electrons. The van der Waals surface area contributed by atoms with Crippen LogP contribution in [0.4, 0.5) is 11.4 Å². The number of guanidine groups is 1. The minimum atomic E-state index is 0. The van der Waals surface area contributed by atoms with Crippen LogP contribution < -0.4 is 26.4 Å². The van der Waals surface area contributed by atoms with Crippen LogP contribution in [0.15, 0.2) is 42.5 Å². The summed E-state index contributed by atoms with van der Waals surface area (Å²) in [6, 6.07) is 12.3. The van der Waals surface area contributed by atoms with E-state index in [1.54, 1.807) is 7.11 Å². The van der Waals surface area contributed by atoms with Crippen LogP contribution in [0, 0.1) is 24.7 Å². The first-order valence-corrected chi connectivity index (χ1v) is 12.6. The lowest BCUT2D eigenvalue weighted by atomic mass is 9.98. The Morgan fingerprint density at radius 3 is 2.23 bits per heavy atom. The number of nitrogens with zero attached hydrogens (tertiary/aromatic N) is 3. The number of ether oxygens (including phenoxy) is 1. The molecule has 2 heterocycles. The van der Waals surface area contributed by atoms with E-state index in [9.17, 15) is 4.79 Å². The molecule has 0 saturated carbocycles. The van der Waals surface area contributed by atoms with E-state index in [0.717, 1.165) is 62.5 Å². The third kappa shape index (κ3) is 9.97. The molecule has 0 aliphatic carbocycles. The largest absolute Gasteiger partial charge is 0.496 e. The monoisotopic (exact) mass is 538 g/mol. The molecule has 0 spiro atoms. The first-order chi connectivity index (χ1) is 18.2. The van der Waals surface area contributed by atoms with Gasteiger partial charge in [-0.25, -0.2) is 0 Å². The second-order valence-electron chi connectivity index (χ2n) is 9.22. The van der Waals surface area contributed by atoms with E-state index in [2.05, 4.69) is 65.2 Å². The van der Waals surface area contributed by atoms with Crippen molar-refractivity contribution in [3.63, 3.8) is 0 Å². The molecule has 0 atom stereocenters. The smallest absolute Gasteiger partial charge is 0.211 e. The fourth-order valence-electron chi connectivity index (χ4n) is 4.39. The summed E-state index contributed by atoms with van der Waals surface area (Å²) in [5.41, 5.74) is 16.8. The normalized spacial score (nSPS) is 14.7. The standard InChI is InChI=1S/C14H19N3O.C13H19N3O.CH4N2.CH4/c1-10-3-4-12(9-13(10)18-2)11-5-7-17(8-6-11)14(15)16;1-11-9-12(14-10-17)3-4-13(11)16-7-5-15(2)6-8-16;2-1-3;/h3-5,9H,6-8H2,1-2H3,(H3,15,16);3-4,9-10H,5-8H2,1-2H3,(H,14,17);1H,(H3,2,3);1H4. The molecule has 39 heavy (non-hydrogen) atoms. The molecule has 1 fully saturated rings. The van der Waals surface area contributed by atoms with E-state index < -0.39 is 0 Å². The summed E-state index contributed by atoms with van der Waals surface area (Å²) >= 11 is 0. The summed E-state index contributed by atoms with van der Waals surface area (Å²) in [5.74, 6) is 1.06. The summed E-state index contributed by atoms with van der Waals surface area (Å²) in [6.07, 6.45) is 4.51. The number of piperazine rings is 1. The molecule has 0 unspecified atom stereocenters. The summed E-state index contributed by atoms with van der Waals surface area (Å²) in [4.78, 5) is 17.0. The van der Waals surface area contributed by atoms with Gasteiger partial charge in [-0.3, -0.25) is 15.6 Å². The van der Waals surface area contributed by atoms with Gasteiger partial charge in [0.15, 0.2) is 5.96 Å². The molecule has 2 aromatic carbocycles. The van der Waals surface area contributed by atoms with Crippen LogP contribution in [-0.2, 0) is 4.79 Å². The number of amides is 1. The molecule has 0 radical (unpaired) electrons. The number of nitrogens with two attached hydrogens (primary N) is 2. The van der Waals surface area contributed by atoms with Crippen LogP contribution >= 0.6 is 0 Å². The lowest BCUT2D eigenvalue weighted by molar-refractivity contribution is -0.105. The zero-order chi connectivity index (χ0) is 28.1. The second kappa shape index (κ2) is 16.7. The highest BCUT2D eigenvalue weighted by molar-refractivity contribution is 5.77. The maximum Gasteiger partial charge on any atom is 0.211 e. The van der Waals surface area contributed by atoms with Crippen molar-refractivity contribution in [3.8, 4) is 5.75 Å². The van der Waals surface area contributed by atoms with E-state index in [1.165, 1.54) is 22.4 Å². The third-order valence-corrected chi connectivity index (χ3v) is 6.60. The second-order valence-corrected chi connectivity index (χ2v) is 9.22. The summed E-state index contributed by atoms with van der Waals surface area (Å²) in [7, 11) is 3.85. The number of nitrogens with one attached hydrogen (secondary N) is 3. The number of anilines is 2. The molecule has 1 saturated heterocycles. The Bertz CT molecular complexity index is 1110. The Hall–Kier alpha value is -4.05. The fourth-order valence-corrected chi connectivity index (χ4v) is 4.39. The first-order valence-electron chi connectivity index (χ1n) is 12.6. The number of likely N-dealkylation sites (N-methyl/N-ethyl adjacent to an activating group) is 1. The van der Waals surface area contributed by atoms with Crippen molar-refractivity contribution < 1.29 is 9.53 Å². The van der Waals surface area contributed by atoms with Gasteiger partial charge >= 0.3 is 0 Å². The number of rotatable bonds is 5. The van der Waals surface area contributed by atoms with Crippen molar-refractivity contribution in [3.05, 3.63) is 59.2 Å². The number of hydrogen-bond donors (Lipinski definition) is 5. The van der Waals surface area contributed by atoms with Crippen molar-refractivity contribution in [2.75, 3.05) is 63.6 Å². The van der Waals surface area contributed by atoms with Gasteiger partial charge < -0.3 is 36.2 Å².